The minimum absolute atomic E-state index is 0.158. The molecule has 0 spiro atoms. The van der Waals surface area contributed by atoms with Gasteiger partial charge < -0.3 is 5.73 Å². The maximum absolute atomic E-state index is 5.90. The molecular formula is C11H12ClN3S. The van der Waals surface area contributed by atoms with Crippen LogP contribution in [0.2, 0.25) is 4.34 Å². The number of thiophene rings is 1. The first-order valence-corrected chi connectivity index (χ1v) is 6.12. The van der Waals surface area contributed by atoms with Gasteiger partial charge >= 0.3 is 0 Å². The number of hydrogen-bond donors (Lipinski definition) is 1. The summed E-state index contributed by atoms with van der Waals surface area (Å²) in [5, 5.41) is 0. The lowest BCUT2D eigenvalue weighted by Crippen LogP contribution is -2.11. The van der Waals surface area contributed by atoms with E-state index in [1.54, 1.807) is 0 Å². The Morgan fingerprint density at radius 2 is 2.12 bits per heavy atom. The van der Waals surface area contributed by atoms with E-state index >= 15 is 0 Å². The molecule has 1 unspecified atom stereocenters. The quantitative estimate of drug-likeness (QED) is 0.894. The molecule has 0 aliphatic rings. The van der Waals surface area contributed by atoms with E-state index in [9.17, 15) is 0 Å². The smallest absolute Gasteiger partial charge is 0.145 e. The van der Waals surface area contributed by atoms with Crippen molar-refractivity contribution in [1.82, 2.24) is 9.97 Å². The van der Waals surface area contributed by atoms with Crippen molar-refractivity contribution in [2.45, 2.75) is 19.9 Å². The highest BCUT2D eigenvalue weighted by atomic mass is 35.5. The SMILES string of the molecule is Cc1cc(-c2ccc(Cl)s2)nc(C(C)N)n1. The molecule has 2 aromatic heterocycles. The van der Waals surface area contributed by atoms with Crippen molar-refractivity contribution >= 4 is 22.9 Å². The van der Waals surface area contributed by atoms with E-state index in [0.29, 0.717) is 5.82 Å². The van der Waals surface area contributed by atoms with Gasteiger partial charge in [-0.3, -0.25) is 0 Å². The Bertz CT molecular complexity index is 508. The largest absolute Gasteiger partial charge is 0.322 e. The second kappa shape index (κ2) is 4.49. The van der Waals surface area contributed by atoms with Gasteiger partial charge in [-0.2, -0.15) is 0 Å². The molecule has 0 saturated carbocycles. The highest BCUT2D eigenvalue weighted by Crippen LogP contribution is 2.30. The molecule has 2 heterocycles. The van der Waals surface area contributed by atoms with Gasteiger partial charge in [0.1, 0.15) is 5.82 Å². The van der Waals surface area contributed by atoms with Crippen LogP contribution in [0.4, 0.5) is 0 Å². The lowest BCUT2D eigenvalue weighted by atomic mass is 10.2. The van der Waals surface area contributed by atoms with Crippen LogP contribution in [0.15, 0.2) is 18.2 Å². The summed E-state index contributed by atoms with van der Waals surface area (Å²) in [5.74, 6) is 0.666. The van der Waals surface area contributed by atoms with Crippen molar-refractivity contribution in [3.63, 3.8) is 0 Å². The average molecular weight is 254 g/mol. The summed E-state index contributed by atoms with van der Waals surface area (Å²) in [6.07, 6.45) is 0. The Hall–Kier alpha value is -0.970. The standard InChI is InChI=1S/C11H12ClN3S/c1-6-5-8(9-3-4-10(12)16-9)15-11(14-6)7(2)13/h3-5,7H,13H2,1-2H3. The lowest BCUT2D eigenvalue weighted by molar-refractivity contribution is 0.735. The topological polar surface area (TPSA) is 51.8 Å². The van der Waals surface area contributed by atoms with Crippen molar-refractivity contribution in [1.29, 1.82) is 0 Å². The minimum Gasteiger partial charge on any atom is -0.322 e. The van der Waals surface area contributed by atoms with Gasteiger partial charge in [0.15, 0.2) is 0 Å². The predicted molar refractivity (Wildman–Crippen MR) is 67.7 cm³/mol. The molecule has 0 amide bonds. The third kappa shape index (κ3) is 2.40. The van der Waals surface area contributed by atoms with Crippen LogP contribution in [-0.4, -0.2) is 9.97 Å². The molecule has 16 heavy (non-hydrogen) atoms. The molecule has 0 radical (unpaired) electrons. The molecule has 0 saturated heterocycles. The number of rotatable bonds is 2. The van der Waals surface area contributed by atoms with Gasteiger partial charge in [-0.05, 0) is 32.0 Å². The molecular weight excluding hydrogens is 242 g/mol. The van der Waals surface area contributed by atoms with E-state index in [1.807, 2.05) is 32.0 Å². The number of aryl methyl sites for hydroxylation is 1. The molecule has 84 valence electrons. The van der Waals surface area contributed by atoms with E-state index in [1.165, 1.54) is 11.3 Å². The van der Waals surface area contributed by atoms with Crippen LogP contribution in [0, 0.1) is 6.92 Å². The molecule has 0 aromatic carbocycles. The molecule has 1 atom stereocenters. The van der Waals surface area contributed by atoms with Gasteiger partial charge in [-0.15, -0.1) is 11.3 Å². The summed E-state index contributed by atoms with van der Waals surface area (Å²) >= 11 is 7.41. The zero-order valence-electron chi connectivity index (χ0n) is 9.07. The molecule has 0 bridgehead atoms. The molecule has 5 heteroatoms. The highest BCUT2D eigenvalue weighted by Gasteiger charge is 2.09. The van der Waals surface area contributed by atoms with Gasteiger partial charge in [0.25, 0.3) is 0 Å². The van der Waals surface area contributed by atoms with Crippen molar-refractivity contribution in [2.75, 3.05) is 0 Å². The second-order valence-electron chi connectivity index (χ2n) is 3.65. The van der Waals surface area contributed by atoms with Gasteiger partial charge in [-0.25, -0.2) is 9.97 Å². The van der Waals surface area contributed by atoms with Gasteiger partial charge in [0.05, 0.1) is 20.9 Å². The van der Waals surface area contributed by atoms with Crippen LogP contribution in [0.3, 0.4) is 0 Å². The Kier molecular flexibility index (Phi) is 3.23. The number of nitrogens with two attached hydrogens (primary N) is 1. The normalized spacial score (nSPS) is 12.8. The fraction of sp³-hybridized carbons (Fsp3) is 0.273. The first kappa shape index (κ1) is 11.5. The first-order valence-electron chi connectivity index (χ1n) is 4.93. The summed E-state index contributed by atoms with van der Waals surface area (Å²) in [6, 6.07) is 5.60. The number of aromatic nitrogens is 2. The molecule has 2 rings (SSSR count). The van der Waals surface area contributed by atoms with Crippen molar-refractivity contribution in [3.05, 3.63) is 34.1 Å². The molecule has 2 N–H and O–H groups in total. The van der Waals surface area contributed by atoms with Gasteiger partial charge in [-0.1, -0.05) is 11.6 Å². The number of halogens is 1. The fourth-order valence-corrected chi connectivity index (χ4v) is 2.38. The van der Waals surface area contributed by atoms with E-state index in [2.05, 4.69) is 9.97 Å². The van der Waals surface area contributed by atoms with Gasteiger partial charge in [0, 0.05) is 5.69 Å². The summed E-state index contributed by atoms with van der Waals surface area (Å²) in [5.41, 5.74) is 7.59. The number of nitrogens with zero attached hydrogens (tertiary/aromatic N) is 2. The van der Waals surface area contributed by atoms with Crippen LogP contribution in [0.1, 0.15) is 24.5 Å². The van der Waals surface area contributed by atoms with E-state index in [4.69, 9.17) is 17.3 Å². The van der Waals surface area contributed by atoms with Crippen LogP contribution in [0.25, 0.3) is 10.6 Å². The molecule has 0 fully saturated rings. The third-order valence-corrected chi connectivity index (χ3v) is 3.36. The predicted octanol–water partition coefficient (Wildman–Crippen LogP) is 3.19. The Labute approximate surface area is 103 Å². The zero-order chi connectivity index (χ0) is 11.7. The van der Waals surface area contributed by atoms with Crippen LogP contribution in [0.5, 0.6) is 0 Å². The van der Waals surface area contributed by atoms with Crippen molar-refractivity contribution in [2.24, 2.45) is 5.73 Å². The maximum atomic E-state index is 5.90. The number of hydrogen-bond acceptors (Lipinski definition) is 4. The van der Waals surface area contributed by atoms with E-state index in [0.717, 1.165) is 20.6 Å². The van der Waals surface area contributed by atoms with Crippen LogP contribution < -0.4 is 5.73 Å². The van der Waals surface area contributed by atoms with Crippen LogP contribution in [-0.2, 0) is 0 Å². The van der Waals surface area contributed by atoms with E-state index in [-0.39, 0.29) is 6.04 Å². The maximum Gasteiger partial charge on any atom is 0.145 e. The Morgan fingerprint density at radius 3 is 2.69 bits per heavy atom. The summed E-state index contributed by atoms with van der Waals surface area (Å²) < 4.78 is 0.758. The second-order valence-corrected chi connectivity index (χ2v) is 5.36. The minimum atomic E-state index is -0.158. The Morgan fingerprint density at radius 1 is 1.38 bits per heavy atom. The van der Waals surface area contributed by atoms with E-state index < -0.39 is 0 Å². The fourth-order valence-electron chi connectivity index (χ4n) is 1.37. The summed E-state index contributed by atoms with van der Waals surface area (Å²) in [7, 11) is 0. The molecule has 3 nitrogen and oxygen atoms in total. The lowest BCUT2D eigenvalue weighted by Gasteiger charge is -2.06. The molecule has 0 aliphatic heterocycles. The Balaban J connectivity index is 2.49. The van der Waals surface area contributed by atoms with Crippen molar-refractivity contribution in [3.8, 4) is 10.6 Å². The third-order valence-electron chi connectivity index (χ3n) is 2.10. The summed E-state index contributed by atoms with van der Waals surface area (Å²) in [6.45, 7) is 3.81. The molecule has 0 aliphatic carbocycles. The zero-order valence-corrected chi connectivity index (χ0v) is 10.6. The van der Waals surface area contributed by atoms with Crippen LogP contribution >= 0.6 is 22.9 Å². The first-order chi connectivity index (χ1) is 7.56. The van der Waals surface area contributed by atoms with Crippen molar-refractivity contribution < 1.29 is 0 Å². The monoisotopic (exact) mass is 253 g/mol. The van der Waals surface area contributed by atoms with Gasteiger partial charge in [0.2, 0.25) is 0 Å². The average Bonchev–Trinajstić information content (AvgIpc) is 2.64. The molecule has 2 aromatic rings. The summed E-state index contributed by atoms with van der Waals surface area (Å²) in [4.78, 5) is 9.77. The highest BCUT2D eigenvalue weighted by molar-refractivity contribution is 7.19.